The Bertz CT molecular complexity index is 1110. The van der Waals surface area contributed by atoms with Crippen molar-refractivity contribution in [2.24, 2.45) is 0 Å². The molecule has 4 aromatic rings. The molecule has 3 aromatic heterocycles. The number of ether oxygens (including phenoxy) is 1. The number of nitrogens with zero attached hydrogens (tertiary/aromatic N) is 3. The van der Waals surface area contributed by atoms with Gasteiger partial charge in [-0.3, -0.25) is 4.98 Å². The predicted molar refractivity (Wildman–Crippen MR) is 93.4 cm³/mol. The second-order valence-electron chi connectivity index (χ2n) is 5.80. The largest absolute Gasteiger partial charge is 0.465 e. The average molecular weight is 333 g/mol. The molecule has 0 amide bonds. The first-order chi connectivity index (χ1) is 12.1. The van der Waals surface area contributed by atoms with Crippen molar-refractivity contribution >= 4 is 27.6 Å². The molecule has 4 rings (SSSR count). The summed E-state index contributed by atoms with van der Waals surface area (Å²) in [5, 5.41) is 6.87. The van der Waals surface area contributed by atoms with E-state index in [1.54, 1.807) is 24.5 Å². The number of benzene rings is 1. The number of carbonyl (C=O) groups is 1. The number of methoxy groups -OCH3 is 1. The standard InChI is InChI=1S/C19H15N3O3/c1-10-17(11(2)25-22-10)18-14-6-7-20-9-15(14)13-5-4-12(19(23)24-3)8-16(13)21-18/h4-9H,1-3H3. The van der Waals surface area contributed by atoms with E-state index in [1.165, 1.54) is 7.11 Å². The molecule has 0 atom stereocenters. The fraction of sp³-hybridized carbons (Fsp3) is 0.158. The summed E-state index contributed by atoms with van der Waals surface area (Å²) in [5.74, 6) is 0.306. The molecular formula is C19H15N3O3. The SMILES string of the molecule is COC(=O)c1ccc2c(c1)nc(-c1c(C)noc1C)c1ccncc12. The highest BCUT2D eigenvalue weighted by molar-refractivity contribution is 6.11. The Morgan fingerprint density at radius 3 is 2.68 bits per heavy atom. The van der Waals surface area contributed by atoms with Crippen LogP contribution in [-0.4, -0.2) is 28.2 Å². The van der Waals surface area contributed by atoms with Gasteiger partial charge in [0.2, 0.25) is 0 Å². The molecule has 1 aromatic carbocycles. The molecule has 25 heavy (non-hydrogen) atoms. The number of hydrogen-bond donors (Lipinski definition) is 0. The molecule has 6 nitrogen and oxygen atoms in total. The second kappa shape index (κ2) is 5.66. The van der Waals surface area contributed by atoms with Crippen LogP contribution < -0.4 is 0 Å². The van der Waals surface area contributed by atoms with Gasteiger partial charge in [0.05, 0.1) is 35.1 Å². The molecule has 0 aliphatic carbocycles. The van der Waals surface area contributed by atoms with Crippen LogP contribution in [0.5, 0.6) is 0 Å². The number of pyridine rings is 2. The molecule has 0 N–H and O–H groups in total. The third-order valence-electron chi connectivity index (χ3n) is 4.29. The Hall–Kier alpha value is -3.28. The van der Waals surface area contributed by atoms with Crippen molar-refractivity contribution in [2.45, 2.75) is 13.8 Å². The van der Waals surface area contributed by atoms with Crippen LogP contribution >= 0.6 is 0 Å². The number of carbonyl (C=O) groups excluding carboxylic acids is 1. The second-order valence-corrected chi connectivity index (χ2v) is 5.80. The normalized spacial score (nSPS) is 11.2. The molecule has 0 aliphatic heterocycles. The summed E-state index contributed by atoms with van der Waals surface area (Å²) in [4.78, 5) is 20.9. The number of aromatic nitrogens is 3. The van der Waals surface area contributed by atoms with Crippen LogP contribution in [0, 0.1) is 13.8 Å². The minimum Gasteiger partial charge on any atom is -0.465 e. The molecule has 0 spiro atoms. The number of fused-ring (bicyclic) bond motifs is 3. The van der Waals surface area contributed by atoms with Gasteiger partial charge in [0.1, 0.15) is 5.76 Å². The van der Waals surface area contributed by atoms with Crippen LogP contribution in [0.4, 0.5) is 0 Å². The van der Waals surface area contributed by atoms with Crippen LogP contribution in [0.25, 0.3) is 32.9 Å². The van der Waals surface area contributed by atoms with Gasteiger partial charge in [0, 0.05) is 28.6 Å². The molecule has 6 heteroatoms. The molecular weight excluding hydrogens is 318 g/mol. The van der Waals surface area contributed by atoms with Crippen molar-refractivity contribution < 1.29 is 14.1 Å². The van der Waals surface area contributed by atoms with Gasteiger partial charge < -0.3 is 9.26 Å². The predicted octanol–water partition coefficient (Wildman–Crippen LogP) is 3.84. The van der Waals surface area contributed by atoms with Gasteiger partial charge in [0.15, 0.2) is 0 Å². The maximum absolute atomic E-state index is 11.9. The average Bonchev–Trinajstić information content (AvgIpc) is 2.98. The van der Waals surface area contributed by atoms with Crippen molar-refractivity contribution in [1.29, 1.82) is 0 Å². The van der Waals surface area contributed by atoms with Crippen LogP contribution in [-0.2, 0) is 4.74 Å². The van der Waals surface area contributed by atoms with Crippen molar-refractivity contribution in [1.82, 2.24) is 15.1 Å². The first-order valence-corrected chi connectivity index (χ1v) is 7.79. The van der Waals surface area contributed by atoms with Crippen LogP contribution in [0.2, 0.25) is 0 Å². The van der Waals surface area contributed by atoms with Gasteiger partial charge >= 0.3 is 5.97 Å². The summed E-state index contributed by atoms with van der Waals surface area (Å²) in [6.07, 6.45) is 3.54. The molecule has 0 aliphatic rings. The summed E-state index contributed by atoms with van der Waals surface area (Å²) in [6, 6.07) is 7.26. The lowest BCUT2D eigenvalue weighted by Gasteiger charge is -2.10. The summed E-state index contributed by atoms with van der Waals surface area (Å²) < 4.78 is 10.1. The fourth-order valence-electron chi connectivity index (χ4n) is 3.10. The summed E-state index contributed by atoms with van der Waals surface area (Å²) in [5.41, 5.74) is 3.55. The van der Waals surface area contributed by atoms with Gasteiger partial charge in [-0.05, 0) is 32.0 Å². The maximum Gasteiger partial charge on any atom is 0.337 e. The Morgan fingerprint density at radius 2 is 1.96 bits per heavy atom. The van der Waals surface area contributed by atoms with Gasteiger partial charge in [-0.1, -0.05) is 11.2 Å². The van der Waals surface area contributed by atoms with Crippen molar-refractivity contribution in [3.05, 3.63) is 53.7 Å². The van der Waals surface area contributed by atoms with Crippen molar-refractivity contribution in [3.8, 4) is 11.3 Å². The topological polar surface area (TPSA) is 78.1 Å². The zero-order chi connectivity index (χ0) is 17.6. The van der Waals surface area contributed by atoms with Crippen molar-refractivity contribution in [2.75, 3.05) is 7.11 Å². The molecule has 0 saturated heterocycles. The van der Waals surface area contributed by atoms with Gasteiger partial charge in [-0.25, -0.2) is 9.78 Å². The Morgan fingerprint density at radius 1 is 1.12 bits per heavy atom. The first kappa shape index (κ1) is 15.3. The molecule has 0 unspecified atom stereocenters. The van der Waals surface area contributed by atoms with E-state index in [0.29, 0.717) is 16.8 Å². The van der Waals surface area contributed by atoms with Gasteiger partial charge in [-0.2, -0.15) is 0 Å². The fourth-order valence-corrected chi connectivity index (χ4v) is 3.10. The number of hydrogen-bond acceptors (Lipinski definition) is 6. The lowest BCUT2D eigenvalue weighted by Crippen LogP contribution is -2.01. The monoisotopic (exact) mass is 333 g/mol. The quantitative estimate of drug-likeness (QED) is 0.410. The molecule has 124 valence electrons. The number of aryl methyl sites for hydroxylation is 2. The van der Waals surface area contributed by atoms with Crippen LogP contribution in [0.1, 0.15) is 21.8 Å². The summed E-state index contributed by atoms with van der Waals surface area (Å²) in [6.45, 7) is 3.74. The third kappa shape index (κ3) is 2.34. The number of esters is 1. The van der Waals surface area contributed by atoms with E-state index in [-0.39, 0.29) is 0 Å². The minimum atomic E-state index is -0.395. The van der Waals surface area contributed by atoms with E-state index in [2.05, 4.69) is 10.1 Å². The van der Waals surface area contributed by atoms with Gasteiger partial charge in [0.25, 0.3) is 0 Å². The molecule has 0 fully saturated rings. The van der Waals surface area contributed by atoms with Gasteiger partial charge in [-0.15, -0.1) is 0 Å². The highest BCUT2D eigenvalue weighted by Crippen LogP contribution is 2.35. The van der Waals surface area contributed by atoms with Crippen LogP contribution in [0.15, 0.2) is 41.2 Å². The zero-order valence-electron chi connectivity index (χ0n) is 14.0. The third-order valence-corrected chi connectivity index (χ3v) is 4.29. The number of rotatable bonds is 2. The van der Waals surface area contributed by atoms with E-state index in [1.807, 2.05) is 26.0 Å². The van der Waals surface area contributed by atoms with E-state index in [0.717, 1.165) is 33.1 Å². The minimum absolute atomic E-state index is 0.395. The zero-order valence-corrected chi connectivity index (χ0v) is 14.0. The summed E-state index contributed by atoms with van der Waals surface area (Å²) >= 11 is 0. The first-order valence-electron chi connectivity index (χ1n) is 7.79. The molecule has 0 bridgehead atoms. The Labute approximate surface area is 143 Å². The smallest absolute Gasteiger partial charge is 0.337 e. The maximum atomic E-state index is 11.9. The highest BCUT2D eigenvalue weighted by atomic mass is 16.5. The Kier molecular flexibility index (Phi) is 3.46. The van der Waals surface area contributed by atoms with E-state index in [4.69, 9.17) is 14.2 Å². The molecule has 0 saturated carbocycles. The van der Waals surface area contributed by atoms with Crippen LogP contribution in [0.3, 0.4) is 0 Å². The Balaban J connectivity index is 2.12. The lowest BCUT2D eigenvalue weighted by atomic mass is 10.00. The highest BCUT2D eigenvalue weighted by Gasteiger charge is 2.18. The molecule has 3 heterocycles. The van der Waals surface area contributed by atoms with E-state index < -0.39 is 5.97 Å². The van der Waals surface area contributed by atoms with E-state index in [9.17, 15) is 4.79 Å². The lowest BCUT2D eigenvalue weighted by molar-refractivity contribution is 0.0601. The van der Waals surface area contributed by atoms with E-state index >= 15 is 0 Å². The molecule has 0 radical (unpaired) electrons. The van der Waals surface area contributed by atoms with Crippen molar-refractivity contribution in [3.63, 3.8) is 0 Å². The summed E-state index contributed by atoms with van der Waals surface area (Å²) in [7, 11) is 1.36.